The van der Waals surface area contributed by atoms with Crippen LogP contribution in [0.2, 0.25) is 0 Å². The molecule has 2 unspecified atom stereocenters. The largest absolute Gasteiger partial charge is 0.354 e. The lowest BCUT2D eigenvalue weighted by Crippen LogP contribution is -2.42. The Morgan fingerprint density at radius 2 is 1.56 bits per heavy atom. The quantitative estimate of drug-likeness (QED) is 0.800. The second-order valence-electron chi connectivity index (χ2n) is 7.27. The number of hydrogen-bond donors (Lipinski definition) is 1. The van der Waals surface area contributed by atoms with Gasteiger partial charge in [-0.15, -0.1) is 0 Å². The molecule has 5 heteroatoms. The van der Waals surface area contributed by atoms with Gasteiger partial charge in [-0.3, -0.25) is 9.69 Å². The van der Waals surface area contributed by atoms with Crippen molar-refractivity contribution in [2.24, 2.45) is 0 Å². The molecule has 2 aromatic carbocycles. The molecule has 0 spiro atoms. The molecule has 3 nitrogen and oxygen atoms in total. The average Bonchev–Trinajstić information content (AvgIpc) is 3.21. The fraction of sp³-hybridized carbons (Fsp3) is 0.409. The minimum absolute atomic E-state index is 0.0861. The molecule has 0 aromatic heterocycles. The van der Waals surface area contributed by atoms with Gasteiger partial charge in [-0.25, -0.2) is 8.78 Å². The minimum atomic E-state index is -0.443. The molecule has 1 heterocycles. The smallest absolute Gasteiger partial charge is 0.227 e. The second-order valence-corrected chi connectivity index (χ2v) is 7.27. The standard InChI is InChI=1S/C22H26F2N2O/c1-16(26-12-2-3-13-26)15-25-22(27)21(18-6-10-20(24)11-7-18)14-17-4-8-19(23)9-5-17/h4-11,16,21H,2-3,12-15H2,1H3,(H,25,27). The van der Waals surface area contributed by atoms with Crippen LogP contribution in [0.5, 0.6) is 0 Å². The van der Waals surface area contributed by atoms with Gasteiger partial charge in [-0.2, -0.15) is 0 Å². The first-order valence-corrected chi connectivity index (χ1v) is 9.54. The maximum absolute atomic E-state index is 13.3. The van der Waals surface area contributed by atoms with E-state index in [9.17, 15) is 13.6 Å². The fourth-order valence-electron chi connectivity index (χ4n) is 3.60. The van der Waals surface area contributed by atoms with Crippen LogP contribution >= 0.6 is 0 Å². The van der Waals surface area contributed by atoms with Crippen LogP contribution in [0.4, 0.5) is 8.78 Å². The number of rotatable bonds is 7. The highest BCUT2D eigenvalue weighted by molar-refractivity contribution is 5.84. The Labute approximate surface area is 159 Å². The second kappa shape index (κ2) is 9.09. The van der Waals surface area contributed by atoms with Gasteiger partial charge in [-0.1, -0.05) is 24.3 Å². The van der Waals surface area contributed by atoms with E-state index in [1.165, 1.54) is 37.1 Å². The molecular formula is C22H26F2N2O. The predicted molar refractivity (Wildman–Crippen MR) is 103 cm³/mol. The molecular weight excluding hydrogens is 346 g/mol. The van der Waals surface area contributed by atoms with Crippen LogP contribution in [0.3, 0.4) is 0 Å². The van der Waals surface area contributed by atoms with E-state index in [-0.39, 0.29) is 23.6 Å². The predicted octanol–water partition coefficient (Wildman–Crippen LogP) is 3.89. The van der Waals surface area contributed by atoms with E-state index in [0.29, 0.717) is 13.0 Å². The Morgan fingerprint density at radius 3 is 2.15 bits per heavy atom. The van der Waals surface area contributed by atoms with Gasteiger partial charge in [0.15, 0.2) is 0 Å². The van der Waals surface area contributed by atoms with Gasteiger partial charge >= 0.3 is 0 Å². The maximum Gasteiger partial charge on any atom is 0.227 e. The number of hydrogen-bond acceptors (Lipinski definition) is 2. The first-order chi connectivity index (χ1) is 13.0. The summed E-state index contributed by atoms with van der Waals surface area (Å²) in [6.07, 6.45) is 2.86. The van der Waals surface area contributed by atoms with Crippen molar-refractivity contribution >= 4 is 5.91 Å². The molecule has 1 amide bonds. The molecule has 0 saturated carbocycles. The van der Waals surface area contributed by atoms with Crippen molar-refractivity contribution in [2.75, 3.05) is 19.6 Å². The SMILES string of the molecule is CC(CNC(=O)C(Cc1ccc(F)cc1)c1ccc(F)cc1)N1CCCC1. The van der Waals surface area contributed by atoms with Crippen molar-refractivity contribution < 1.29 is 13.6 Å². The number of amides is 1. The zero-order valence-corrected chi connectivity index (χ0v) is 15.6. The van der Waals surface area contributed by atoms with Crippen molar-refractivity contribution in [1.82, 2.24) is 10.2 Å². The van der Waals surface area contributed by atoms with Crippen LogP contribution in [0.25, 0.3) is 0 Å². The van der Waals surface area contributed by atoms with Gasteiger partial charge in [0.1, 0.15) is 11.6 Å². The summed E-state index contributed by atoms with van der Waals surface area (Å²) in [6.45, 7) is 4.86. The molecule has 1 aliphatic rings. The first-order valence-electron chi connectivity index (χ1n) is 9.54. The molecule has 27 heavy (non-hydrogen) atoms. The molecule has 0 radical (unpaired) electrons. The molecule has 1 N–H and O–H groups in total. The van der Waals surface area contributed by atoms with Gasteiger partial charge in [0, 0.05) is 12.6 Å². The van der Waals surface area contributed by atoms with Crippen molar-refractivity contribution in [3.63, 3.8) is 0 Å². The normalized spacial score (nSPS) is 16.9. The van der Waals surface area contributed by atoms with E-state index in [2.05, 4.69) is 17.1 Å². The van der Waals surface area contributed by atoms with Crippen LogP contribution in [0, 0.1) is 11.6 Å². The number of carbonyl (C=O) groups is 1. The molecule has 1 aliphatic heterocycles. The summed E-state index contributed by atoms with van der Waals surface area (Å²) in [4.78, 5) is 15.3. The first kappa shape index (κ1) is 19.5. The Hall–Kier alpha value is -2.27. The summed E-state index contributed by atoms with van der Waals surface area (Å²) in [5, 5.41) is 3.06. The van der Waals surface area contributed by atoms with Crippen molar-refractivity contribution in [3.05, 3.63) is 71.3 Å². The lowest BCUT2D eigenvalue weighted by Gasteiger charge is -2.25. The third-order valence-electron chi connectivity index (χ3n) is 5.28. The number of benzene rings is 2. The molecule has 2 aromatic rings. The van der Waals surface area contributed by atoms with E-state index in [1.807, 2.05) is 0 Å². The minimum Gasteiger partial charge on any atom is -0.354 e. The summed E-state index contributed by atoms with van der Waals surface area (Å²) in [7, 11) is 0. The lowest BCUT2D eigenvalue weighted by molar-refractivity contribution is -0.122. The number of likely N-dealkylation sites (tertiary alicyclic amines) is 1. The Morgan fingerprint density at radius 1 is 1.00 bits per heavy atom. The maximum atomic E-state index is 13.3. The van der Waals surface area contributed by atoms with E-state index >= 15 is 0 Å². The summed E-state index contributed by atoms with van der Waals surface area (Å²) < 4.78 is 26.5. The van der Waals surface area contributed by atoms with Gasteiger partial charge in [-0.05, 0) is 74.7 Å². The number of nitrogens with one attached hydrogen (secondary N) is 1. The fourth-order valence-corrected chi connectivity index (χ4v) is 3.60. The topological polar surface area (TPSA) is 32.3 Å². The Balaban J connectivity index is 1.70. The lowest BCUT2D eigenvalue weighted by atomic mass is 9.91. The van der Waals surface area contributed by atoms with E-state index in [1.54, 1.807) is 24.3 Å². The third-order valence-corrected chi connectivity index (χ3v) is 5.28. The monoisotopic (exact) mass is 372 g/mol. The summed E-state index contributed by atoms with van der Waals surface area (Å²) in [5.74, 6) is -1.16. The van der Waals surface area contributed by atoms with Crippen molar-refractivity contribution in [1.29, 1.82) is 0 Å². The Bertz CT molecular complexity index is 740. The van der Waals surface area contributed by atoms with Crippen LogP contribution in [0.1, 0.15) is 36.8 Å². The molecule has 1 saturated heterocycles. The van der Waals surface area contributed by atoms with Crippen LogP contribution in [-0.4, -0.2) is 36.5 Å². The summed E-state index contributed by atoms with van der Waals surface area (Å²) >= 11 is 0. The zero-order valence-electron chi connectivity index (χ0n) is 15.6. The van der Waals surface area contributed by atoms with Gasteiger partial charge in [0.2, 0.25) is 5.91 Å². The van der Waals surface area contributed by atoms with Gasteiger partial charge in [0.25, 0.3) is 0 Å². The summed E-state index contributed by atoms with van der Waals surface area (Å²) in [6, 6.07) is 12.5. The molecule has 3 rings (SSSR count). The van der Waals surface area contributed by atoms with Gasteiger partial charge < -0.3 is 5.32 Å². The highest BCUT2D eigenvalue weighted by Crippen LogP contribution is 2.22. The number of carbonyl (C=O) groups excluding carboxylic acids is 1. The summed E-state index contributed by atoms with van der Waals surface area (Å²) in [5.41, 5.74) is 1.63. The van der Waals surface area contributed by atoms with E-state index in [4.69, 9.17) is 0 Å². The highest BCUT2D eigenvalue weighted by atomic mass is 19.1. The molecule has 2 atom stereocenters. The average molecular weight is 372 g/mol. The zero-order chi connectivity index (χ0) is 19.2. The van der Waals surface area contributed by atoms with Crippen LogP contribution in [-0.2, 0) is 11.2 Å². The van der Waals surface area contributed by atoms with Crippen LogP contribution < -0.4 is 5.32 Å². The molecule has 0 bridgehead atoms. The number of halogens is 2. The van der Waals surface area contributed by atoms with Crippen LogP contribution in [0.15, 0.2) is 48.5 Å². The number of nitrogens with zero attached hydrogens (tertiary/aromatic N) is 1. The third kappa shape index (κ3) is 5.36. The van der Waals surface area contributed by atoms with E-state index in [0.717, 1.165) is 24.2 Å². The van der Waals surface area contributed by atoms with Gasteiger partial charge in [0.05, 0.1) is 5.92 Å². The molecule has 0 aliphatic carbocycles. The highest BCUT2D eigenvalue weighted by Gasteiger charge is 2.23. The Kier molecular flexibility index (Phi) is 6.56. The van der Waals surface area contributed by atoms with E-state index < -0.39 is 5.92 Å². The molecule has 144 valence electrons. The van der Waals surface area contributed by atoms with Crippen molar-refractivity contribution in [3.8, 4) is 0 Å². The molecule has 1 fully saturated rings. The van der Waals surface area contributed by atoms with Crippen molar-refractivity contribution in [2.45, 2.75) is 38.1 Å².